The smallest absolute Gasteiger partial charge is 0.387 e. The van der Waals surface area contributed by atoms with E-state index in [9.17, 15) is 18.4 Å². The van der Waals surface area contributed by atoms with Crippen LogP contribution in [-0.2, 0) is 4.74 Å². The largest absolute Gasteiger partial charge is 0.493 e. The molecule has 0 radical (unpaired) electrons. The Hall–Kier alpha value is -3.66. The van der Waals surface area contributed by atoms with Gasteiger partial charge < -0.3 is 28.8 Å². The van der Waals surface area contributed by atoms with Crippen LogP contribution in [0.15, 0.2) is 46.9 Å². The Balaban J connectivity index is 1.68. The number of halogens is 2. The van der Waals surface area contributed by atoms with E-state index >= 15 is 0 Å². The van der Waals surface area contributed by atoms with E-state index in [1.807, 2.05) is 0 Å². The van der Waals surface area contributed by atoms with E-state index in [2.05, 4.69) is 10.1 Å². The first-order chi connectivity index (χ1) is 15.5. The SMILES string of the molecule is COc1ccc(C(=O)Nc2c(C(=O)N3CCOCC3)oc3ccccc23)cc1OC(F)F. The fourth-order valence-corrected chi connectivity index (χ4v) is 3.42. The van der Waals surface area contributed by atoms with Gasteiger partial charge >= 0.3 is 6.61 Å². The Bertz CT molecular complexity index is 1140. The lowest BCUT2D eigenvalue weighted by Gasteiger charge is -2.26. The molecule has 168 valence electrons. The maximum Gasteiger partial charge on any atom is 0.387 e. The zero-order valence-corrected chi connectivity index (χ0v) is 17.1. The summed E-state index contributed by atoms with van der Waals surface area (Å²) >= 11 is 0. The van der Waals surface area contributed by atoms with Crippen molar-refractivity contribution in [2.75, 3.05) is 38.7 Å². The first-order valence-corrected chi connectivity index (χ1v) is 9.80. The van der Waals surface area contributed by atoms with E-state index in [0.717, 1.165) is 6.07 Å². The lowest BCUT2D eigenvalue weighted by atomic mass is 10.1. The molecule has 0 atom stereocenters. The van der Waals surface area contributed by atoms with Crippen LogP contribution in [0.4, 0.5) is 14.5 Å². The first kappa shape index (κ1) is 21.6. The van der Waals surface area contributed by atoms with Crippen LogP contribution in [0.1, 0.15) is 20.9 Å². The van der Waals surface area contributed by atoms with Crippen LogP contribution < -0.4 is 14.8 Å². The number of nitrogens with one attached hydrogen (secondary N) is 1. The number of rotatable bonds is 6. The number of alkyl halides is 2. The number of carbonyl (C=O) groups excluding carboxylic acids is 2. The fraction of sp³-hybridized carbons (Fsp3) is 0.273. The fourth-order valence-electron chi connectivity index (χ4n) is 3.42. The van der Waals surface area contributed by atoms with Gasteiger partial charge in [0.05, 0.1) is 20.3 Å². The number of ether oxygens (including phenoxy) is 3. The number of anilines is 1. The van der Waals surface area contributed by atoms with Gasteiger partial charge in [-0.2, -0.15) is 8.78 Å². The molecule has 2 amide bonds. The molecule has 3 aromatic rings. The summed E-state index contributed by atoms with van der Waals surface area (Å²) in [7, 11) is 1.30. The number of furan rings is 1. The number of methoxy groups -OCH3 is 1. The molecule has 0 saturated carbocycles. The minimum atomic E-state index is -3.09. The number of para-hydroxylation sites is 1. The lowest BCUT2D eigenvalue weighted by molar-refractivity contribution is -0.0512. The van der Waals surface area contributed by atoms with E-state index in [1.165, 1.54) is 19.2 Å². The molecule has 1 aromatic heterocycles. The minimum absolute atomic E-state index is 0.0148. The first-order valence-electron chi connectivity index (χ1n) is 9.80. The number of nitrogens with zero attached hydrogens (tertiary/aromatic N) is 1. The van der Waals surface area contributed by atoms with Gasteiger partial charge in [-0.1, -0.05) is 12.1 Å². The summed E-state index contributed by atoms with van der Waals surface area (Å²) < 4.78 is 46.0. The number of fused-ring (bicyclic) bond motifs is 1. The summed E-state index contributed by atoms with van der Waals surface area (Å²) in [6.45, 7) is -1.47. The molecule has 8 nitrogen and oxygen atoms in total. The molecule has 1 N–H and O–H groups in total. The topological polar surface area (TPSA) is 90.2 Å². The number of hydrogen-bond acceptors (Lipinski definition) is 6. The van der Waals surface area contributed by atoms with Gasteiger partial charge in [0.15, 0.2) is 11.5 Å². The third-order valence-corrected chi connectivity index (χ3v) is 4.97. The Morgan fingerprint density at radius 1 is 1.09 bits per heavy atom. The molecular weight excluding hydrogens is 426 g/mol. The van der Waals surface area contributed by atoms with Crippen molar-refractivity contribution in [1.82, 2.24) is 4.90 Å². The third kappa shape index (κ3) is 4.35. The average Bonchev–Trinajstić information content (AvgIpc) is 3.17. The predicted octanol–water partition coefficient (Wildman–Crippen LogP) is 3.77. The third-order valence-electron chi connectivity index (χ3n) is 4.97. The van der Waals surface area contributed by atoms with Gasteiger partial charge in [0.2, 0.25) is 5.76 Å². The number of benzene rings is 2. The van der Waals surface area contributed by atoms with Crippen molar-refractivity contribution in [3.8, 4) is 11.5 Å². The van der Waals surface area contributed by atoms with Crippen molar-refractivity contribution in [3.63, 3.8) is 0 Å². The molecular formula is C22H20F2N2O6. The molecule has 1 aliphatic rings. The second-order valence-corrected chi connectivity index (χ2v) is 6.91. The van der Waals surface area contributed by atoms with Gasteiger partial charge in [0, 0.05) is 24.0 Å². The zero-order chi connectivity index (χ0) is 22.7. The molecule has 0 bridgehead atoms. The highest BCUT2D eigenvalue weighted by atomic mass is 19.3. The molecule has 4 rings (SSSR count). The summed E-state index contributed by atoms with van der Waals surface area (Å²) in [6.07, 6.45) is 0. The highest BCUT2D eigenvalue weighted by Gasteiger charge is 2.28. The van der Waals surface area contributed by atoms with Crippen LogP contribution in [-0.4, -0.2) is 56.7 Å². The Labute approximate surface area is 181 Å². The average molecular weight is 446 g/mol. The molecule has 32 heavy (non-hydrogen) atoms. The van der Waals surface area contributed by atoms with E-state index < -0.39 is 12.5 Å². The van der Waals surface area contributed by atoms with Crippen LogP contribution in [0.5, 0.6) is 11.5 Å². The molecule has 2 heterocycles. The van der Waals surface area contributed by atoms with E-state index in [4.69, 9.17) is 13.9 Å². The van der Waals surface area contributed by atoms with Crippen LogP contribution in [0, 0.1) is 0 Å². The molecule has 1 saturated heterocycles. The van der Waals surface area contributed by atoms with Crippen molar-refractivity contribution in [1.29, 1.82) is 0 Å². The van der Waals surface area contributed by atoms with Gasteiger partial charge in [-0.25, -0.2) is 0 Å². The summed E-state index contributed by atoms with van der Waals surface area (Å²) in [6, 6.07) is 10.8. The normalized spacial score (nSPS) is 13.9. The van der Waals surface area contributed by atoms with Gasteiger partial charge in [-0.15, -0.1) is 0 Å². The minimum Gasteiger partial charge on any atom is -0.493 e. The highest BCUT2D eigenvalue weighted by molar-refractivity contribution is 6.14. The van der Waals surface area contributed by atoms with Crippen molar-refractivity contribution < 1.29 is 37.0 Å². The predicted molar refractivity (Wildman–Crippen MR) is 111 cm³/mol. The number of hydrogen-bond donors (Lipinski definition) is 1. The van der Waals surface area contributed by atoms with Gasteiger partial charge in [-0.05, 0) is 30.3 Å². The van der Waals surface area contributed by atoms with E-state index in [0.29, 0.717) is 37.3 Å². The quantitative estimate of drug-likeness (QED) is 0.620. The second kappa shape index (κ2) is 9.23. The second-order valence-electron chi connectivity index (χ2n) is 6.91. The van der Waals surface area contributed by atoms with E-state index in [1.54, 1.807) is 29.2 Å². The molecule has 0 unspecified atom stereocenters. The lowest BCUT2D eigenvalue weighted by Crippen LogP contribution is -2.40. The summed E-state index contributed by atoms with van der Waals surface area (Å²) in [5.74, 6) is -1.25. The van der Waals surface area contributed by atoms with Gasteiger partial charge in [-0.3, -0.25) is 9.59 Å². The van der Waals surface area contributed by atoms with Gasteiger partial charge in [0.1, 0.15) is 11.3 Å². The number of carbonyl (C=O) groups is 2. The molecule has 10 heteroatoms. The van der Waals surface area contributed by atoms with Crippen LogP contribution in [0.3, 0.4) is 0 Å². The van der Waals surface area contributed by atoms with Gasteiger partial charge in [0.25, 0.3) is 11.8 Å². The van der Waals surface area contributed by atoms with Crippen molar-refractivity contribution in [2.45, 2.75) is 6.61 Å². The number of amides is 2. The van der Waals surface area contributed by atoms with Crippen LogP contribution in [0.2, 0.25) is 0 Å². The van der Waals surface area contributed by atoms with E-state index in [-0.39, 0.29) is 34.4 Å². The molecule has 2 aromatic carbocycles. The standard InChI is InChI=1S/C22H20F2N2O6/c1-29-16-7-6-13(12-17(16)32-22(23)24)20(27)25-18-14-4-2-3-5-15(14)31-19(18)21(28)26-8-10-30-11-9-26/h2-7,12,22H,8-11H2,1H3,(H,25,27). The van der Waals surface area contributed by atoms with Crippen molar-refractivity contribution in [3.05, 3.63) is 53.8 Å². The monoisotopic (exact) mass is 446 g/mol. The molecule has 0 aliphatic carbocycles. The summed E-state index contributed by atoms with van der Waals surface area (Å²) in [4.78, 5) is 27.6. The van der Waals surface area contributed by atoms with Crippen molar-refractivity contribution in [2.24, 2.45) is 0 Å². The Kier molecular flexibility index (Phi) is 6.22. The van der Waals surface area contributed by atoms with Crippen LogP contribution >= 0.6 is 0 Å². The van der Waals surface area contributed by atoms with Crippen molar-refractivity contribution >= 4 is 28.5 Å². The molecule has 0 spiro atoms. The maximum absolute atomic E-state index is 13.1. The maximum atomic E-state index is 13.1. The zero-order valence-electron chi connectivity index (χ0n) is 17.1. The molecule has 1 fully saturated rings. The Morgan fingerprint density at radius 3 is 2.56 bits per heavy atom. The summed E-state index contributed by atoms with van der Waals surface area (Å²) in [5, 5.41) is 3.23. The molecule has 1 aliphatic heterocycles. The number of morpholine rings is 1. The summed E-state index contributed by atoms with van der Waals surface area (Å²) in [5.41, 5.74) is 0.668. The highest BCUT2D eigenvalue weighted by Crippen LogP contribution is 2.34. The van der Waals surface area contributed by atoms with Crippen LogP contribution in [0.25, 0.3) is 11.0 Å². The Morgan fingerprint density at radius 2 is 1.84 bits per heavy atom.